The largest absolute Gasteiger partial charge is 0.347 e. The minimum Gasteiger partial charge on any atom is -0.347 e. The summed E-state index contributed by atoms with van der Waals surface area (Å²) in [5, 5.41) is 6.74. The second-order valence-corrected chi connectivity index (χ2v) is 8.31. The second-order valence-electron chi connectivity index (χ2n) is 6.14. The highest BCUT2D eigenvalue weighted by atomic mass is 32.1. The Bertz CT molecular complexity index is 804. The third-order valence-electron chi connectivity index (χ3n) is 4.09. The van der Waals surface area contributed by atoms with Crippen molar-refractivity contribution in [3.63, 3.8) is 0 Å². The molecule has 4 heterocycles. The monoisotopic (exact) mass is 334 g/mol. The number of hydrogen-bond acceptors (Lipinski definition) is 7. The van der Waals surface area contributed by atoms with E-state index in [0.29, 0.717) is 0 Å². The average Bonchev–Trinajstić information content (AvgIpc) is 3.13. The molecule has 0 aliphatic carbocycles. The third-order valence-corrected chi connectivity index (χ3v) is 6.01. The van der Waals surface area contributed by atoms with Crippen LogP contribution in [0.2, 0.25) is 0 Å². The van der Waals surface area contributed by atoms with Crippen LogP contribution in [0.3, 0.4) is 0 Å². The number of anilines is 1. The fourth-order valence-electron chi connectivity index (χ4n) is 2.64. The Morgan fingerprint density at radius 2 is 1.95 bits per heavy atom. The molecule has 0 amide bonds. The SMILES string of the molecule is Cc1cnc(-c2cnc3sc(N4CCC(C)(N)CC4)nn23)s1. The summed E-state index contributed by atoms with van der Waals surface area (Å²) < 4.78 is 1.91. The van der Waals surface area contributed by atoms with E-state index < -0.39 is 0 Å². The highest BCUT2D eigenvalue weighted by Crippen LogP contribution is 2.32. The van der Waals surface area contributed by atoms with E-state index in [0.717, 1.165) is 46.7 Å². The van der Waals surface area contributed by atoms with Gasteiger partial charge in [0.05, 0.1) is 6.20 Å². The van der Waals surface area contributed by atoms with Crippen LogP contribution < -0.4 is 10.6 Å². The molecule has 116 valence electrons. The molecular formula is C14H18N6S2. The zero-order valence-corrected chi connectivity index (χ0v) is 14.2. The number of hydrogen-bond donors (Lipinski definition) is 1. The lowest BCUT2D eigenvalue weighted by Crippen LogP contribution is -2.48. The summed E-state index contributed by atoms with van der Waals surface area (Å²) in [6, 6.07) is 0. The number of nitrogens with two attached hydrogens (primary N) is 1. The van der Waals surface area contributed by atoms with Crippen molar-refractivity contribution >= 4 is 32.8 Å². The van der Waals surface area contributed by atoms with Gasteiger partial charge < -0.3 is 10.6 Å². The Morgan fingerprint density at radius 3 is 2.64 bits per heavy atom. The molecular weight excluding hydrogens is 316 g/mol. The number of rotatable bonds is 2. The molecule has 1 saturated heterocycles. The van der Waals surface area contributed by atoms with Crippen molar-refractivity contribution in [2.24, 2.45) is 5.73 Å². The molecule has 0 spiro atoms. The highest BCUT2D eigenvalue weighted by molar-refractivity contribution is 7.20. The second kappa shape index (κ2) is 5.00. The fourth-order valence-corrected chi connectivity index (χ4v) is 4.33. The van der Waals surface area contributed by atoms with E-state index in [-0.39, 0.29) is 5.54 Å². The van der Waals surface area contributed by atoms with Gasteiger partial charge in [0.1, 0.15) is 10.7 Å². The molecule has 0 atom stereocenters. The number of aromatic nitrogens is 4. The number of thiazole rings is 1. The van der Waals surface area contributed by atoms with E-state index in [1.807, 2.05) is 16.9 Å². The Kier molecular flexibility index (Phi) is 3.21. The van der Waals surface area contributed by atoms with Crippen LogP contribution >= 0.6 is 22.7 Å². The van der Waals surface area contributed by atoms with Crippen LogP contribution in [0.25, 0.3) is 15.7 Å². The van der Waals surface area contributed by atoms with Crippen LogP contribution in [0.1, 0.15) is 24.6 Å². The zero-order valence-electron chi connectivity index (χ0n) is 12.6. The maximum Gasteiger partial charge on any atom is 0.214 e. The number of aryl methyl sites for hydroxylation is 1. The van der Waals surface area contributed by atoms with E-state index >= 15 is 0 Å². The Hall–Kier alpha value is -1.51. The number of piperidine rings is 1. The van der Waals surface area contributed by atoms with E-state index in [2.05, 4.69) is 28.7 Å². The summed E-state index contributed by atoms with van der Waals surface area (Å²) >= 11 is 3.30. The van der Waals surface area contributed by atoms with Crippen molar-refractivity contribution in [2.75, 3.05) is 18.0 Å². The van der Waals surface area contributed by atoms with Gasteiger partial charge in [0.15, 0.2) is 0 Å². The predicted octanol–water partition coefficient (Wildman–Crippen LogP) is 2.54. The topological polar surface area (TPSA) is 72.3 Å². The van der Waals surface area contributed by atoms with Gasteiger partial charge in [-0.1, -0.05) is 11.3 Å². The molecule has 0 unspecified atom stereocenters. The van der Waals surface area contributed by atoms with Crippen molar-refractivity contribution in [3.05, 3.63) is 17.3 Å². The summed E-state index contributed by atoms with van der Waals surface area (Å²) in [4.78, 5) is 13.3. The average molecular weight is 334 g/mol. The van der Waals surface area contributed by atoms with Gasteiger partial charge in [-0.15, -0.1) is 16.4 Å². The molecule has 3 aromatic heterocycles. The van der Waals surface area contributed by atoms with Crippen LogP contribution in [-0.4, -0.2) is 38.2 Å². The van der Waals surface area contributed by atoms with Gasteiger partial charge in [0.25, 0.3) is 0 Å². The molecule has 4 rings (SSSR count). The van der Waals surface area contributed by atoms with Crippen molar-refractivity contribution in [1.29, 1.82) is 0 Å². The molecule has 1 aliphatic rings. The van der Waals surface area contributed by atoms with Crippen LogP contribution in [0, 0.1) is 6.92 Å². The number of nitrogens with zero attached hydrogens (tertiary/aromatic N) is 5. The molecule has 0 saturated carbocycles. The van der Waals surface area contributed by atoms with Crippen LogP contribution in [0.4, 0.5) is 5.13 Å². The number of imidazole rings is 1. The van der Waals surface area contributed by atoms with Crippen LogP contribution in [-0.2, 0) is 0 Å². The summed E-state index contributed by atoms with van der Waals surface area (Å²) in [6.45, 7) is 6.09. The third kappa shape index (κ3) is 2.41. The maximum absolute atomic E-state index is 6.21. The molecule has 6 nitrogen and oxygen atoms in total. The van der Waals surface area contributed by atoms with Gasteiger partial charge in [-0.3, -0.25) is 0 Å². The lowest BCUT2D eigenvalue weighted by Gasteiger charge is -2.36. The molecule has 0 aromatic carbocycles. The van der Waals surface area contributed by atoms with Gasteiger partial charge in [-0.2, -0.15) is 4.52 Å². The van der Waals surface area contributed by atoms with Crippen LogP contribution in [0.5, 0.6) is 0 Å². The fraction of sp³-hybridized carbons (Fsp3) is 0.500. The van der Waals surface area contributed by atoms with Gasteiger partial charge >= 0.3 is 0 Å². The Balaban J connectivity index is 1.66. The smallest absolute Gasteiger partial charge is 0.214 e. The van der Waals surface area contributed by atoms with Crippen molar-refractivity contribution in [2.45, 2.75) is 32.2 Å². The summed E-state index contributed by atoms with van der Waals surface area (Å²) in [5.74, 6) is 0. The first kappa shape index (κ1) is 14.1. The predicted molar refractivity (Wildman–Crippen MR) is 90.7 cm³/mol. The molecule has 0 bridgehead atoms. The summed E-state index contributed by atoms with van der Waals surface area (Å²) in [7, 11) is 0. The van der Waals surface area contributed by atoms with Crippen molar-refractivity contribution < 1.29 is 0 Å². The molecule has 8 heteroatoms. The Labute approximate surface area is 136 Å². The van der Waals surface area contributed by atoms with Gasteiger partial charge in [-0.05, 0) is 26.7 Å². The molecule has 1 fully saturated rings. The van der Waals surface area contributed by atoms with Gasteiger partial charge in [0, 0.05) is 29.7 Å². The lowest BCUT2D eigenvalue weighted by atomic mass is 9.91. The minimum atomic E-state index is -0.0442. The van der Waals surface area contributed by atoms with Crippen molar-refractivity contribution in [1.82, 2.24) is 19.6 Å². The van der Waals surface area contributed by atoms with E-state index in [4.69, 9.17) is 10.8 Å². The summed E-state index contributed by atoms with van der Waals surface area (Å²) in [6.07, 6.45) is 5.73. The minimum absolute atomic E-state index is 0.0442. The molecule has 22 heavy (non-hydrogen) atoms. The molecule has 2 N–H and O–H groups in total. The lowest BCUT2D eigenvalue weighted by molar-refractivity contribution is 0.363. The standard InChI is InChI=1S/C14H18N6S2/c1-9-7-16-11(21-9)10-8-17-12-20(10)18-13(22-12)19-5-3-14(2,15)4-6-19/h7-8H,3-6,15H2,1-2H3. The van der Waals surface area contributed by atoms with Gasteiger partial charge in [-0.25, -0.2) is 9.97 Å². The van der Waals surface area contributed by atoms with E-state index in [9.17, 15) is 0 Å². The van der Waals surface area contributed by atoms with E-state index in [1.165, 1.54) is 4.88 Å². The highest BCUT2D eigenvalue weighted by Gasteiger charge is 2.28. The summed E-state index contributed by atoms with van der Waals surface area (Å²) in [5.41, 5.74) is 7.13. The first-order chi connectivity index (χ1) is 10.5. The van der Waals surface area contributed by atoms with Gasteiger partial charge in [0.2, 0.25) is 10.1 Å². The zero-order chi connectivity index (χ0) is 15.3. The van der Waals surface area contributed by atoms with Crippen LogP contribution in [0.15, 0.2) is 12.4 Å². The van der Waals surface area contributed by atoms with E-state index in [1.54, 1.807) is 22.7 Å². The van der Waals surface area contributed by atoms with Crippen molar-refractivity contribution in [3.8, 4) is 10.7 Å². The molecule has 3 aromatic rings. The maximum atomic E-state index is 6.21. The molecule has 1 aliphatic heterocycles. The first-order valence-corrected chi connectivity index (χ1v) is 8.96. The normalized spacial score (nSPS) is 18.2. The quantitative estimate of drug-likeness (QED) is 0.780. The Morgan fingerprint density at radius 1 is 1.18 bits per heavy atom. The first-order valence-electron chi connectivity index (χ1n) is 7.33. The molecule has 0 radical (unpaired) electrons. The number of fused-ring (bicyclic) bond motifs is 1.